The number of carbonyl (C=O) groups is 1. The van der Waals surface area contributed by atoms with Crippen LogP contribution in [0.15, 0.2) is 30.3 Å². The van der Waals surface area contributed by atoms with Crippen LogP contribution >= 0.6 is 0 Å². The molecule has 0 amide bonds. The third-order valence-corrected chi connectivity index (χ3v) is 8.71. The van der Waals surface area contributed by atoms with Gasteiger partial charge >= 0.3 is 0 Å². The highest BCUT2D eigenvalue weighted by Crippen LogP contribution is 2.58. The molecule has 0 unspecified atom stereocenters. The zero-order chi connectivity index (χ0) is 25.2. The maximum absolute atomic E-state index is 14.3. The van der Waals surface area contributed by atoms with Gasteiger partial charge < -0.3 is 19.6 Å². The summed E-state index contributed by atoms with van der Waals surface area (Å²) in [5.41, 5.74) is 4.51. The lowest BCUT2D eigenvalue weighted by Crippen LogP contribution is -2.30. The van der Waals surface area contributed by atoms with Gasteiger partial charge in [-0.05, 0) is 98.1 Å². The number of benzene rings is 1. The number of ether oxygens (including phenoxy) is 2. The SMILES string of the molecule is O=C[C@H](c1cc(F)ccc1[C@H]1CC2(CC2)CO1)N1CC[C@@H](OCCCCc2ccc3c(n2)NCCC3)C1. The van der Waals surface area contributed by atoms with E-state index < -0.39 is 6.04 Å². The molecule has 2 saturated heterocycles. The zero-order valence-corrected chi connectivity index (χ0v) is 21.6. The second-order valence-electron chi connectivity index (χ2n) is 11.4. The first-order valence-corrected chi connectivity index (χ1v) is 14.1. The van der Waals surface area contributed by atoms with Crippen LogP contribution in [0, 0.1) is 11.2 Å². The molecule has 4 heterocycles. The van der Waals surface area contributed by atoms with Gasteiger partial charge in [0, 0.05) is 31.9 Å². The van der Waals surface area contributed by atoms with Crippen molar-refractivity contribution in [3.63, 3.8) is 0 Å². The van der Waals surface area contributed by atoms with Crippen LogP contribution in [0.25, 0.3) is 0 Å². The molecule has 0 radical (unpaired) electrons. The number of hydrogen-bond donors (Lipinski definition) is 1. The van der Waals surface area contributed by atoms with Gasteiger partial charge in [-0.15, -0.1) is 0 Å². The number of halogens is 1. The van der Waals surface area contributed by atoms with Gasteiger partial charge in [-0.25, -0.2) is 9.37 Å². The van der Waals surface area contributed by atoms with Crippen molar-refractivity contribution in [2.24, 2.45) is 5.41 Å². The van der Waals surface area contributed by atoms with Gasteiger partial charge in [0.25, 0.3) is 0 Å². The maximum Gasteiger partial charge on any atom is 0.141 e. The number of pyridine rings is 1. The van der Waals surface area contributed by atoms with E-state index in [2.05, 4.69) is 22.3 Å². The second kappa shape index (κ2) is 10.8. The Kier molecular flexibility index (Phi) is 7.28. The number of aryl methyl sites for hydroxylation is 2. The summed E-state index contributed by atoms with van der Waals surface area (Å²) in [6.45, 7) is 3.95. The Labute approximate surface area is 218 Å². The Hall–Kier alpha value is -2.35. The average Bonchev–Trinajstić information content (AvgIpc) is 3.30. The summed E-state index contributed by atoms with van der Waals surface area (Å²) >= 11 is 0. The van der Waals surface area contributed by atoms with Crippen LogP contribution < -0.4 is 5.32 Å². The van der Waals surface area contributed by atoms with Crippen molar-refractivity contribution in [2.75, 3.05) is 38.2 Å². The maximum atomic E-state index is 14.3. The molecule has 2 aromatic rings. The van der Waals surface area contributed by atoms with Crippen LogP contribution in [-0.4, -0.2) is 55.1 Å². The van der Waals surface area contributed by atoms with Gasteiger partial charge in [-0.2, -0.15) is 0 Å². The second-order valence-corrected chi connectivity index (χ2v) is 11.4. The molecule has 6 nitrogen and oxygen atoms in total. The lowest BCUT2D eigenvalue weighted by atomic mass is 9.92. The fourth-order valence-electron chi connectivity index (χ4n) is 6.27. The quantitative estimate of drug-likeness (QED) is 0.353. The summed E-state index contributed by atoms with van der Waals surface area (Å²) < 4.78 is 26.6. The van der Waals surface area contributed by atoms with Gasteiger partial charge in [-0.3, -0.25) is 4.90 Å². The molecular formula is C30H38FN3O3. The minimum absolute atomic E-state index is 0.0458. The highest BCUT2D eigenvalue weighted by molar-refractivity contribution is 5.63. The largest absolute Gasteiger partial charge is 0.377 e. The topological polar surface area (TPSA) is 63.7 Å². The molecule has 198 valence electrons. The van der Waals surface area contributed by atoms with E-state index in [4.69, 9.17) is 14.5 Å². The number of nitrogens with one attached hydrogen (secondary N) is 1. The van der Waals surface area contributed by atoms with E-state index in [-0.39, 0.29) is 18.0 Å². The Morgan fingerprint density at radius 3 is 3.03 bits per heavy atom. The molecule has 6 rings (SSSR count). The van der Waals surface area contributed by atoms with E-state index in [0.717, 1.165) is 87.1 Å². The number of unbranched alkanes of at least 4 members (excludes halogenated alkanes) is 1. The van der Waals surface area contributed by atoms with E-state index in [1.165, 1.54) is 37.0 Å². The summed E-state index contributed by atoms with van der Waals surface area (Å²) in [5, 5.41) is 3.41. The van der Waals surface area contributed by atoms with Crippen molar-refractivity contribution >= 4 is 12.1 Å². The van der Waals surface area contributed by atoms with Crippen LogP contribution in [0.5, 0.6) is 0 Å². The van der Waals surface area contributed by atoms with Crippen molar-refractivity contribution in [2.45, 2.75) is 76.0 Å². The molecule has 3 aliphatic heterocycles. The predicted molar refractivity (Wildman–Crippen MR) is 140 cm³/mol. The van der Waals surface area contributed by atoms with Crippen LogP contribution in [0.1, 0.15) is 79.5 Å². The Morgan fingerprint density at radius 1 is 1.27 bits per heavy atom. The first kappa shape index (κ1) is 25.0. The first-order valence-electron chi connectivity index (χ1n) is 14.1. The number of aromatic nitrogens is 1. The van der Waals surface area contributed by atoms with Crippen molar-refractivity contribution in [1.29, 1.82) is 0 Å². The molecule has 1 aromatic heterocycles. The van der Waals surface area contributed by atoms with Gasteiger partial charge in [0.1, 0.15) is 17.9 Å². The molecular weight excluding hydrogens is 469 g/mol. The lowest BCUT2D eigenvalue weighted by Gasteiger charge is -2.27. The minimum atomic E-state index is -0.470. The number of hydrogen-bond acceptors (Lipinski definition) is 6. The van der Waals surface area contributed by atoms with Crippen LogP contribution in [0.4, 0.5) is 10.2 Å². The normalized spacial score (nSPS) is 25.1. The van der Waals surface area contributed by atoms with Crippen molar-refractivity contribution in [3.8, 4) is 0 Å². The zero-order valence-electron chi connectivity index (χ0n) is 21.6. The number of nitrogens with zero attached hydrogens (tertiary/aromatic N) is 2. The van der Waals surface area contributed by atoms with E-state index in [1.807, 2.05) is 6.07 Å². The summed E-state index contributed by atoms with van der Waals surface area (Å²) in [4.78, 5) is 19.2. The summed E-state index contributed by atoms with van der Waals surface area (Å²) in [6, 6.07) is 8.75. The van der Waals surface area contributed by atoms with E-state index in [9.17, 15) is 9.18 Å². The first-order chi connectivity index (χ1) is 18.1. The molecule has 1 aliphatic carbocycles. The molecule has 37 heavy (non-hydrogen) atoms. The third kappa shape index (κ3) is 5.59. The number of aldehydes is 1. The summed E-state index contributed by atoms with van der Waals surface area (Å²) in [5.74, 6) is 0.754. The van der Waals surface area contributed by atoms with Gasteiger partial charge in [0.05, 0.1) is 24.9 Å². The van der Waals surface area contributed by atoms with Crippen LogP contribution in [-0.2, 0) is 27.1 Å². The van der Waals surface area contributed by atoms with Crippen molar-refractivity contribution < 1.29 is 18.7 Å². The van der Waals surface area contributed by atoms with Crippen LogP contribution in [0.3, 0.4) is 0 Å². The summed E-state index contributed by atoms with van der Waals surface area (Å²) in [7, 11) is 0. The lowest BCUT2D eigenvalue weighted by molar-refractivity contribution is -0.112. The monoisotopic (exact) mass is 507 g/mol. The highest BCUT2D eigenvalue weighted by atomic mass is 19.1. The van der Waals surface area contributed by atoms with E-state index in [1.54, 1.807) is 0 Å². The fraction of sp³-hybridized carbons (Fsp3) is 0.600. The third-order valence-electron chi connectivity index (χ3n) is 8.71. The molecule has 3 atom stereocenters. The van der Waals surface area contributed by atoms with Gasteiger partial charge in [0.15, 0.2) is 0 Å². The molecule has 1 spiro atoms. The molecule has 1 saturated carbocycles. The van der Waals surface area contributed by atoms with Crippen molar-refractivity contribution in [3.05, 3.63) is 58.5 Å². The van der Waals surface area contributed by atoms with Gasteiger partial charge in [-0.1, -0.05) is 12.1 Å². The fourth-order valence-corrected chi connectivity index (χ4v) is 6.27. The number of anilines is 1. The highest BCUT2D eigenvalue weighted by Gasteiger charge is 2.50. The van der Waals surface area contributed by atoms with Gasteiger partial charge in [0.2, 0.25) is 0 Å². The van der Waals surface area contributed by atoms with E-state index in [0.29, 0.717) is 18.6 Å². The van der Waals surface area contributed by atoms with Crippen LogP contribution in [0.2, 0.25) is 0 Å². The molecule has 4 aliphatic rings. The smallest absolute Gasteiger partial charge is 0.141 e. The Morgan fingerprint density at radius 2 is 2.19 bits per heavy atom. The number of carbonyl (C=O) groups excluding carboxylic acids is 1. The number of fused-ring (bicyclic) bond motifs is 1. The predicted octanol–water partition coefficient (Wildman–Crippen LogP) is 5.17. The standard InChI is InChI=1S/C30H38FN3O3/c31-22-7-9-25(28-17-30(11-12-30)20-37-28)26(16-22)27(19-35)34-14-10-24(18-34)36-15-2-1-5-23-8-6-21-4-3-13-32-29(21)33-23/h6-9,16,19,24,27-28H,1-5,10-15,17-18,20H2,(H,32,33)/t24-,27-,28-/m1/s1. The average molecular weight is 508 g/mol. The molecule has 1 N–H and O–H groups in total. The number of likely N-dealkylation sites (tertiary alicyclic amines) is 1. The van der Waals surface area contributed by atoms with E-state index >= 15 is 0 Å². The molecule has 3 fully saturated rings. The van der Waals surface area contributed by atoms with Crippen molar-refractivity contribution in [1.82, 2.24) is 9.88 Å². The molecule has 7 heteroatoms. The number of rotatable bonds is 10. The Bertz CT molecular complexity index is 1120. The molecule has 0 bridgehead atoms. The molecule has 1 aromatic carbocycles. The Balaban J connectivity index is 0.998. The minimum Gasteiger partial charge on any atom is -0.377 e. The summed E-state index contributed by atoms with van der Waals surface area (Å²) in [6.07, 6.45) is 10.6.